The number of hydrogen-bond donors (Lipinski definition) is 0. The van der Waals surface area contributed by atoms with E-state index in [0.717, 1.165) is 5.56 Å². The molecule has 11 heteroatoms. The van der Waals surface area contributed by atoms with Crippen LogP contribution in [0.5, 0.6) is 17.2 Å². The summed E-state index contributed by atoms with van der Waals surface area (Å²) in [6.45, 7) is 7.81. The molecule has 1 atom stereocenters. The molecule has 1 unspecified atom stereocenters. The summed E-state index contributed by atoms with van der Waals surface area (Å²) in [5.41, 5.74) is 1.89. The minimum absolute atomic E-state index is 0.192. The number of nitrogens with zero attached hydrogens (tertiary/aromatic N) is 2. The van der Waals surface area contributed by atoms with Crippen molar-refractivity contribution in [2.45, 2.75) is 33.7 Å². The minimum Gasteiger partial charge on any atom is -0.494 e. The van der Waals surface area contributed by atoms with E-state index in [0.29, 0.717) is 50.0 Å². The lowest BCUT2D eigenvalue weighted by Gasteiger charge is -2.24. The second kappa shape index (κ2) is 13.3. The maximum Gasteiger partial charge on any atom is 0.344 e. The van der Waals surface area contributed by atoms with Gasteiger partial charge in [0.1, 0.15) is 5.75 Å². The Hall–Kier alpha value is -4.38. The average Bonchev–Trinajstić information content (AvgIpc) is 3.26. The molecule has 4 rings (SSSR count). The maximum absolute atomic E-state index is 13.8. The molecule has 10 nitrogen and oxygen atoms in total. The molecule has 41 heavy (non-hydrogen) atoms. The fraction of sp³-hybridized carbons (Fsp3) is 0.333. The summed E-state index contributed by atoms with van der Waals surface area (Å²) in [6.07, 6.45) is 1.72. The van der Waals surface area contributed by atoms with Crippen LogP contribution in [0.2, 0.25) is 0 Å². The number of carbonyl (C=O) groups excluding carboxylic acids is 2. The molecule has 0 spiro atoms. The van der Waals surface area contributed by atoms with Gasteiger partial charge in [-0.05, 0) is 69.2 Å². The molecule has 0 bridgehead atoms. The van der Waals surface area contributed by atoms with Crippen LogP contribution in [0.1, 0.15) is 44.9 Å². The lowest BCUT2D eigenvalue weighted by Crippen LogP contribution is -2.39. The van der Waals surface area contributed by atoms with Crippen LogP contribution in [0, 0.1) is 0 Å². The highest BCUT2D eigenvalue weighted by Crippen LogP contribution is 2.32. The number of carbonyl (C=O) groups is 2. The lowest BCUT2D eigenvalue weighted by atomic mass is 9.96. The van der Waals surface area contributed by atoms with Crippen molar-refractivity contribution in [3.8, 4) is 17.2 Å². The Morgan fingerprint density at radius 1 is 0.976 bits per heavy atom. The molecule has 1 aliphatic heterocycles. The quantitative estimate of drug-likeness (QED) is 0.318. The highest BCUT2D eigenvalue weighted by atomic mass is 32.1. The molecule has 0 amide bonds. The summed E-state index contributed by atoms with van der Waals surface area (Å²) in [5, 5.41) is 0. The molecule has 0 saturated carbocycles. The Kier molecular flexibility index (Phi) is 9.61. The Bertz CT molecular complexity index is 1640. The molecule has 216 valence electrons. The molecule has 2 aromatic carbocycles. The van der Waals surface area contributed by atoms with Crippen molar-refractivity contribution in [1.29, 1.82) is 0 Å². The summed E-state index contributed by atoms with van der Waals surface area (Å²) in [6, 6.07) is 11.7. The maximum atomic E-state index is 13.8. The molecule has 1 aromatic heterocycles. The largest absolute Gasteiger partial charge is 0.494 e. The fourth-order valence-corrected chi connectivity index (χ4v) is 5.45. The Morgan fingerprint density at radius 2 is 1.71 bits per heavy atom. The normalized spacial score (nSPS) is 14.7. The Balaban J connectivity index is 1.78. The first-order valence-corrected chi connectivity index (χ1v) is 14.0. The fourth-order valence-electron chi connectivity index (χ4n) is 4.40. The van der Waals surface area contributed by atoms with Crippen LogP contribution in [0.15, 0.2) is 63.5 Å². The number of allylic oxidation sites excluding steroid dienone is 1. The number of ether oxygens (including phenoxy) is 5. The molecular formula is C30H32N2O8S. The highest BCUT2D eigenvalue weighted by molar-refractivity contribution is 7.07. The van der Waals surface area contributed by atoms with Crippen LogP contribution in [0.3, 0.4) is 0 Å². The van der Waals surface area contributed by atoms with Gasteiger partial charge in [0.2, 0.25) is 0 Å². The third-order valence-electron chi connectivity index (χ3n) is 6.16. The molecule has 0 N–H and O–H groups in total. The smallest absolute Gasteiger partial charge is 0.344 e. The van der Waals surface area contributed by atoms with E-state index in [-0.39, 0.29) is 25.4 Å². The van der Waals surface area contributed by atoms with Crippen LogP contribution in [0.25, 0.3) is 6.08 Å². The van der Waals surface area contributed by atoms with Crippen molar-refractivity contribution in [3.05, 3.63) is 84.5 Å². The predicted molar refractivity (Wildman–Crippen MR) is 153 cm³/mol. The zero-order valence-electron chi connectivity index (χ0n) is 23.6. The minimum atomic E-state index is -0.726. The van der Waals surface area contributed by atoms with E-state index >= 15 is 0 Å². The number of fused-ring (bicyclic) bond motifs is 1. The van der Waals surface area contributed by atoms with Crippen molar-refractivity contribution in [2.24, 2.45) is 4.99 Å². The summed E-state index contributed by atoms with van der Waals surface area (Å²) in [5.74, 6) is 0.433. The first-order chi connectivity index (χ1) is 19.8. The highest BCUT2D eigenvalue weighted by Gasteiger charge is 2.33. The van der Waals surface area contributed by atoms with Gasteiger partial charge in [0.05, 0.1) is 48.8 Å². The molecular weight excluding hydrogens is 548 g/mol. The van der Waals surface area contributed by atoms with Gasteiger partial charge in [0.15, 0.2) is 22.9 Å². The number of aromatic nitrogens is 1. The molecule has 1 aliphatic rings. The third-order valence-corrected chi connectivity index (χ3v) is 7.14. The second-order valence-electron chi connectivity index (χ2n) is 8.81. The van der Waals surface area contributed by atoms with E-state index in [4.69, 9.17) is 23.7 Å². The average molecular weight is 581 g/mol. The van der Waals surface area contributed by atoms with Crippen LogP contribution < -0.4 is 29.1 Å². The standard InChI is InChI=1S/C30H32N2O8S/c1-6-37-21-12-10-20(11-13-21)27-26(29(35)39-8-3)18(4)31-30-32(27)28(34)24(41-30)16-19-9-14-22(23(15-19)36-5)40-17-25(33)38-7-2/h9-16,27H,6-8,17H2,1-5H3/b24-16-. The van der Waals surface area contributed by atoms with Gasteiger partial charge >= 0.3 is 11.9 Å². The zero-order chi connectivity index (χ0) is 29.5. The first kappa shape index (κ1) is 29.6. The van der Waals surface area contributed by atoms with Gasteiger partial charge in [-0.3, -0.25) is 9.36 Å². The SMILES string of the molecule is CCOC(=O)COc1ccc(/C=c2\sc3n(c2=O)C(c2ccc(OCC)cc2)C(C(=O)OCC)=C(C)N=3)cc1OC. The van der Waals surface area contributed by atoms with Crippen molar-refractivity contribution >= 4 is 29.4 Å². The number of esters is 2. The number of thiazole rings is 1. The molecule has 0 radical (unpaired) electrons. The molecule has 0 aliphatic carbocycles. The van der Waals surface area contributed by atoms with Crippen molar-refractivity contribution < 1.29 is 33.3 Å². The van der Waals surface area contributed by atoms with Gasteiger partial charge in [0.25, 0.3) is 5.56 Å². The van der Waals surface area contributed by atoms with Crippen molar-refractivity contribution in [3.63, 3.8) is 0 Å². The second-order valence-corrected chi connectivity index (χ2v) is 9.82. The summed E-state index contributed by atoms with van der Waals surface area (Å²) < 4.78 is 28.8. The van der Waals surface area contributed by atoms with Crippen LogP contribution in [0.4, 0.5) is 0 Å². The van der Waals surface area contributed by atoms with E-state index in [1.165, 1.54) is 23.0 Å². The summed E-state index contributed by atoms with van der Waals surface area (Å²) >= 11 is 1.22. The monoisotopic (exact) mass is 580 g/mol. The number of hydrogen-bond acceptors (Lipinski definition) is 10. The van der Waals surface area contributed by atoms with Gasteiger partial charge in [-0.2, -0.15) is 0 Å². The van der Waals surface area contributed by atoms with Crippen LogP contribution >= 0.6 is 11.3 Å². The van der Waals surface area contributed by atoms with Gasteiger partial charge in [-0.1, -0.05) is 29.5 Å². The van der Waals surface area contributed by atoms with Crippen molar-refractivity contribution in [2.75, 3.05) is 33.5 Å². The Morgan fingerprint density at radius 3 is 2.37 bits per heavy atom. The van der Waals surface area contributed by atoms with E-state index in [2.05, 4.69) is 4.99 Å². The first-order valence-electron chi connectivity index (χ1n) is 13.2. The molecule has 3 aromatic rings. The van der Waals surface area contributed by atoms with E-state index in [1.807, 2.05) is 31.2 Å². The molecule has 2 heterocycles. The summed E-state index contributed by atoms with van der Waals surface area (Å²) in [4.78, 5) is 43.7. The van der Waals surface area contributed by atoms with Gasteiger partial charge in [-0.15, -0.1) is 0 Å². The van der Waals surface area contributed by atoms with Crippen molar-refractivity contribution in [1.82, 2.24) is 4.57 Å². The predicted octanol–water partition coefficient (Wildman–Crippen LogP) is 3.15. The van der Waals surface area contributed by atoms with E-state index in [9.17, 15) is 14.4 Å². The molecule has 0 fully saturated rings. The van der Waals surface area contributed by atoms with Gasteiger partial charge in [-0.25, -0.2) is 14.6 Å². The summed E-state index contributed by atoms with van der Waals surface area (Å²) in [7, 11) is 1.49. The zero-order valence-corrected chi connectivity index (χ0v) is 24.4. The molecule has 0 saturated heterocycles. The Labute approximate surface area is 241 Å². The van der Waals surface area contributed by atoms with Gasteiger partial charge < -0.3 is 23.7 Å². The topological polar surface area (TPSA) is 115 Å². The van der Waals surface area contributed by atoms with E-state index < -0.39 is 18.0 Å². The lowest BCUT2D eigenvalue weighted by molar-refractivity contribution is -0.145. The van der Waals surface area contributed by atoms with Gasteiger partial charge in [0, 0.05) is 0 Å². The number of rotatable bonds is 11. The number of methoxy groups -OCH3 is 1. The van der Waals surface area contributed by atoms with Crippen LogP contribution in [-0.2, 0) is 19.1 Å². The third kappa shape index (κ3) is 6.51. The number of benzene rings is 2. The van der Waals surface area contributed by atoms with Crippen LogP contribution in [-0.4, -0.2) is 50.0 Å². The van der Waals surface area contributed by atoms with E-state index in [1.54, 1.807) is 45.0 Å².